The summed E-state index contributed by atoms with van der Waals surface area (Å²) in [4.78, 5) is 16.3. The van der Waals surface area contributed by atoms with E-state index in [1.54, 1.807) is 6.92 Å². The largest absolute Gasteiger partial charge is 0.460 e. The number of aromatic nitrogens is 1. The predicted octanol–water partition coefficient (Wildman–Crippen LogP) is 3.00. The fraction of sp³-hybridized carbons (Fsp3) is 0.714. The Bertz CT molecular complexity index is 419. The number of esters is 1. The summed E-state index contributed by atoms with van der Waals surface area (Å²) in [6, 6.07) is 0. The summed E-state index contributed by atoms with van der Waals surface area (Å²) in [5, 5.41) is 0. The molecule has 1 heterocycles. The highest BCUT2D eigenvalue weighted by Gasteiger charge is 2.27. The van der Waals surface area contributed by atoms with Gasteiger partial charge in [-0.3, -0.25) is 0 Å². The van der Waals surface area contributed by atoms with E-state index in [4.69, 9.17) is 9.15 Å². The summed E-state index contributed by atoms with van der Waals surface area (Å²) in [5.74, 6) is 1.75. The number of ether oxygens (including phenoxy) is 1. The number of rotatable bonds is 6. The van der Waals surface area contributed by atoms with Crippen molar-refractivity contribution < 1.29 is 13.9 Å². The number of hydrogen-bond acceptors (Lipinski definition) is 4. The van der Waals surface area contributed by atoms with Gasteiger partial charge in [-0.05, 0) is 38.0 Å². The Morgan fingerprint density at radius 3 is 2.78 bits per heavy atom. The van der Waals surface area contributed by atoms with Crippen LogP contribution >= 0.6 is 0 Å². The maximum Gasteiger partial charge on any atom is 0.376 e. The van der Waals surface area contributed by atoms with Gasteiger partial charge in [0.15, 0.2) is 5.89 Å². The summed E-state index contributed by atoms with van der Waals surface area (Å²) in [6.45, 7) is 6.36. The van der Waals surface area contributed by atoms with E-state index in [1.807, 2.05) is 0 Å². The van der Waals surface area contributed by atoms with Crippen LogP contribution in [-0.4, -0.2) is 17.6 Å². The molecule has 0 N–H and O–H groups in total. The summed E-state index contributed by atoms with van der Waals surface area (Å²) < 4.78 is 10.6. The van der Waals surface area contributed by atoms with Crippen LogP contribution in [0.15, 0.2) is 4.42 Å². The molecule has 4 nitrogen and oxygen atoms in total. The molecule has 2 rings (SSSR count). The first-order valence-corrected chi connectivity index (χ1v) is 6.75. The Balaban J connectivity index is 2.16. The summed E-state index contributed by atoms with van der Waals surface area (Å²) in [6.07, 6.45) is 4.10. The third-order valence-electron chi connectivity index (χ3n) is 2.96. The van der Waals surface area contributed by atoms with E-state index in [9.17, 15) is 4.79 Å². The smallest absolute Gasteiger partial charge is 0.376 e. The topological polar surface area (TPSA) is 52.3 Å². The van der Waals surface area contributed by atoms with Gasteiger partial charge in [0.25, 0.3) is 0 Å². The van der Waals surface area contributed by atoms with Crippen LogP contribution in [0, 0.1) is 11.8 Å². The zero-order valence-electron chi connectivity index (χ0n) is 11.4. The van der Waals surface area contributed by atoms with Crippen LogP contribution in [0.1, 0.15) is 55.8 Å². The van der Waals surface area contributed by atoms with E-state index in [1.165, 1.54) is 12.8 Å². The Morgan fingerprint density at radius 1 is 1.50 bits per heavy atom. The van der Waals surface area contributed by atoms with E-state index in [-0.39, 0.29) is 5.97 Å². The SMILES string of the molecule is CCOC(=O)c1oc(CC2CC2)nc1CC(C)C. The molecule has 0 atom stereocenters. The van der Waals surface area contributed by atoms with Crippen molar-refractivity contribution in [1.29, 1.82) is 0 Å². The molecule has 0 aliphatic heterocycles. The third-order valence-corrected chi connectivity index (χ3v) is 2.96. The fourth-order valence-electron chi connectivity index (χ4n) is 1.94. The summed E-state index contributed by atoms with van der Waals surface area (Å²) in [7, 11) is 0. The minimum atomic E-state index is -0.386. The maximum atomic E-state index is 11.8. The first kappa shape index (κ1) is 13.1. The van der Waals surface area contributed by atoms with Gasteiger partial charge in [0.1, 0.15) is 0 Å². The molecule has 1 aliphatic carbocycles. The lowest BCUT2D eigenvalue weighted by atomic mass is 10.1. The van der Waals surface area contributed by atoms with Crippen molar-refractivity contribution in [1.82, 2.24) is 4.98 Å². The maximum absolute atomic E-state index is 11.8. The molecule has 0 spiro atoms. The molecule has 1 saturated carbocycles. The van der Waals surface area contributed by atoms with Crippen molar-refractivity contribution in [2.45, 2.75) is 46.5 Å². The Labute approximate surface area is 108 Å². The van der Waals surface area contributed by atoms with Crippen molar-refractivity contribution >= 4 is 5.97 Å². The van der Waals surface area contributed by atoms with Crippen LogP contribution in [0.2, 0.25) is 0 Å². The average molecular weight is 251 g/mol. The van der Waals surface area contributed by atoms with Gasteiger partial charge in [-0.2, -0.15) is 0 Å². The van der Waals surface area contributed by atoms with Crippen LogP contribution in [0.4, 0.5) is 0 Å². The second-order valence-electron chi connectivity index (χ2n) is 5.35. The van der Waals surface area contributed by atoms with Crippen molar-refractivity contribution in [2.24, 2.45) is 11.8 Å². The number of carbonyl (C=O) groups is 1. The molecular formula is C14H21NO3. The van der Waals surface area contributed by atoms with Gasteiger partial charge in [0.2, 0.25) is 5.76 Å². The van der Waals surface area contributed by atoms with Gasteiger partial charge < -0.3 is 9.15 Å². The normalized spacial score (nSPS) is 15.1. The molecule has 0 aromatic carbocycles. The van der Waals surface area contributed by atoms with Crippen molar-refractivity contribution in [2.75, 3.05) is 6.61 Å². The predicted molar refractivity (Wildman–Crippen MR) is 67.4 cm³/mol. The average Bonchev–Trinajstić information content (AvgIpc) is 3.00. The van der Waals surface area contributed by atoms with Crippen LogP contribution in [-0.2, 0) is 17.6 Å². The molecule has 4 heteroatoms. The monoisotopic (exact) mass is 251 g/mol. The first-order chi connectivity index (χ1) is 8.60. The van der Waals surface area contributed by atoms with E-state index < -0.39 is 0 Å². The minimum Gasteiger partial charge on any atom is -0.460 e. The molecule has 100 valence electrons. The standard InChI is InChI=1S/C14H21NO3/c1-4-17-14(16)13-11(7-9(2)3)15-12(18-13)8-10-5-6-10/h9-10H,4-8H2,1-3H3. The van der Waals surface area contributed by atoms with Crippen molar-refractivity contribution in [3.05, 3.63) is 17.3 Å². The molecule has 0 saturated heterocycles. The molecule has 0 radical (unpaired) electrons. The van der Waals surface area contributed by atoms with Gasteiger partial charge in [-0.1, -0.05) is 13.8 Å². The number of carbonyl (C=O) groups excluding carboxylic acids is 1. The minimum absolute atomic E-state index is 0.307. The number of nitrogens with zero attached hydrogens (tertiary/aromatic N) is 1. The van der Waals surface area contributed by atoms with Gasteiger partial charge in [-0.25, -0.2) is 9.78 Å². The Hall–Kier alpha value is -1.32. The molecule has 1 aliphatic rings. The molecule has 0 unspecified atom stereocenters. The van der Waals surface area contributed by atoms with E-state index >= 15 is 0 Å². The van der Waals surface area contributed by atoms with E-state index in [2.05, 4.69) is 18.8 Å². The van der Waals surface area contributed by atoms with Gasteiger partial charge in [0.05, 0.1) is 12.3 Å². The second kappa shape index (κ2) is 5.55. The quantitative estimate of drug-likeness (QED) is 0.729. The molecule has 0 bridgehead atoms. The third kappa shape index (κ3) is 3.34. The van der Waals surface area contributed by atoms with E-state index in [0.29, 0.717) is 30.1 Å². The molecule has 18 heavy (non-hydrogen) atoms. The molecule has 1 fully saturated rings. The zero-order valence-corrected chi connectivity index (χ0v) is 11.4. The lowest BCUT2D eigenvalue weighted by molar-refractivity contribution is 0.0486. The van der Waals surface area contributed by atoms with Gasteiger partial charge in [-0.15, -0.1) is 0 Å². The first-order valence-electron chi connectivity index (χ1n) is 6.75. The van der Waals surface area contributed by atoms with Crippen molar-refractivity contribution in [3.8, 4) is 0 Å². The summed E-state index contributed by atoms with van der Waals surface area (Å²) >= 11 is 0. The lowest BCUT2D eigenvalue weighted by Gasteiger charge is -2.02. The van der Waals surface area contributed by atoms with Crippen LogP contribution in [0.3, 0.4) is 0 Å². The highest BCUT2D eigenvalue weighted by molar-refractivity contribution is 5.87. The van der Waals surface area contributed by atoms with Gasteiger partial charge >= 0.3 is 5.97 Å². The number of oxazole rings is 1. The van der Waals surface area contributed by atoms with Crippen LogP contribution < -0.4 is 0 Å². The van der Waals surface area contributed by atoms with Crippen LogP contribution in [0.25, 0.3) is 0 Å². The number of hydrogen-bond donors (Lipinski definition) is 0. The lowest BCUT2D eigenvalue weighted by Crippen LogP contribution is -2.08. The van der Waals surface area contributed by atoms with Crippen LogP contribution in [0.5, 0.6) is 0 Å². The molecule has 0 amide bonds. The summed E-state index contributed by atoms with van der Waals surface area (Å²) in [5.41, 5.74) is 0.749. The highest BCUT2D eigenvalue weighted by atomic mass is 16.5. The molecule has 1 aromatic heterocycles. The zero-order chi connectivity index (χ0) is 13.1. The Kier molecular flexibility index (Phi) is 4.04. The fourth-order valence-corrected chi connectivity index (χ4v) is 1.94. The van der Waals surface area contributed by atoms with Crippen molar-refractivity contribution in [3.63, 3.8) is 0 Å². The molecule has 1 aromatic rings. The van der Waals surface area contributed by atoms with Gasteiger partial charge in [0, 0.05) is 6.42 Å². The van der Waals surface area contributed by atoms with E-state index in [0.717, 1.165) is 18.5 Å². The Morgan fingerprint density at radius 2 is 2.22 bits per heavy atom. The second-order valence-corrected chi connectivity index (χ2v) is 5.35. The highest BCUT2D eigenvalue weighted by Crippen LogP contribution is 2.33. The molecular weight excluding hydrogens is 230 g/mol.